The minimum absolute atomic E-state index is 0.0499. The molecule has 0 aromatic heterocycles. The largest absolute Gasteiger partial charge is 0.454 e. The smallest absolute Gasteiger partial charge is 0.332 e. The fourth-order valence-corrected chi connectivity index (χ4v) is 0.933. The molecule has 0 saturated carbocycles. The van der Waals surface area contributed by atoms with E-state index in [1.54, 1.807) is 6.92 Å². The molecule has 0 rings (SSSR count). The maximum absolute atomic E-state index is 11.5. The zero-order valence-electron chi connectivity index (χ0n) is 10.6. The van der Waals surface area contributed by atoms with Crippen molar-refractivity contribution in [1.82, 2.24) is 5.32 Å². The molecule has 0 saturated heterocycles. The van der Waals surface area contributed by atoms with Crippen LogP contribution in [0.15, 0.2) is 0 Å². The number of hydrogen-bond donors (Lipinski definition) is 1. The predicted molar refractivity (Wildman–Crippen MR) is 59.8 cm³/mol. The molecule has 17 heavy (non-hydrogen) atoms. The summed E-state index contributed by atoms with van der Waals surface area (Å²) in [4.78, 5) is 22.4. The first-order chi connectivity index (χ1) is 7.85. The normalized spacial score (nSPS) is 13.6. The molecular weight excluding hydrogens is 224 g/mol. The van der Waals surface area contributed by atoms with Crippen molar-refractivity contribution in [2.45, 2.75) is 26.3 Å². The average molecular weight is 242 g/mol. The quantitative estimate of drug-likeness (QED) is 0.673. The molecule has 0 heterocycles. The Morgan fingerprint density at radius 3 is 2.41 bits per heavy atom. The van der Waals surface area contributed by atoms with Gasteiger partial charge in [-0.2, -0.15) is 5.26 Å². The summed E-state index contributed by atoms with van der Waals surface area (Å²) in [6, 6.07) is 2.02. The fourth-order valence-electron chi connectivity index (χ4n) is 0.933. The molecule has 6 nitrogen and oxygen atoms in total. The van der Waals surface area contributed by atoms with E-state index in [4.69, 9.17) is 5.26 Å². The molecule has 0 bridgehead atoms. The number of methoxy groups -OCH3 is 1. The summed E-state index contributed by atoms with van der Waals surface area (Å²) in [5, 5.41) is 11.5. The van der Waals surface area contributed by atoms with E-state index >= 15 is 0 Å². The van der Waals surface area contributed by atoms with Crippen molar-refractivity contribution < 1.29 is 19.1 Å². The van der Waals surface area contributed by atoms with Crippen LogP contribution in [0.2, 0.25) is 0 Å². The van der Waals surface area contributed by atoms with Crippen LogP contribution >= 0.6 is 0 Å². The lowest BCUT2D eigenvalue weighted by atomic mass is 9.90. The first-order valence-electron chi connectivity index (χ1n) is 5.22. The number of nitrogens with one attached hydrogen (secondary N) is 1. The second kappa shape index (κ2) is 6.86. The molecule has 0 unspecified atom stereocenters. The highest BCUT2D eigenvalue weighted by molar-refractivity contribution is 5.81. The Morgan fingerprint density at radius 2 is 2.00 bits per heavy atom. The van der Waals surface area contributed by atoms with E-state index in [-0.39, 0.29) is 12.5 Å². The molecule has 0 aliphatic carbocycles. The van der Waals surface area contributed by atoms with Crippen LogP contribution in [0.4, 0.5) is 0 Å². The molecular formula is C11H18N2O4. The van der Waals surface area contributed by atoms with Gasteiger partial charge in [-0.25, -0.2) is 4.79 Å². The number of hydrogen-bond acceptors (Lipinski definition) is 5. The van der Waals surface area contributed by atoms with Gasteiger partial charge in [-0.1, -0.05) is 13.8 Å². The van der Waals surface area contributed by atoms with Crippen molar-refractivity contribution in [2.24, 2.45) is 5.92 Å². The number of nitriles is 1. The van der Waals surface area contributed by atoms with Gasteiger partial charge in [0.2, 0.25) is 0 Å². The molecule has 1 N–H and O–H groups in total. The Hall–Kier alpha value is -1.61. The summed E-state index contributed by atoms with van der Waals surface area (Å²) >= 11 is 0. The topological polar surface area (TPSA) is 88.4 Å². The first-order valence-corrected chi connectivity index (χ1v) is 5.22. The summed E-state index contributed by atoms with van der Waals surface area (Å²) in [7, 11) is 1.35. The van der Waals surface area contributed by atoms with Gasteiger partial charge >= 0.3 is 5.97 Å². The molecule has 1 amide bonds. The van der Waals surface area contributed by atoms with Crippen LogP contribution in [0.25, 0.3) is 0 Å². The van der Waals surface area contributed by atoms with Crippen molar-refractivity contribution in [3.8, 4) is 6.07 Å². The minimum atomic E-state index is -0.968. The van der Waals surface area contributed by atoms with Gasteiger partial charge in [0.1, 0.15) is 12.1 Å². The molecule has 0 aromatic carbocycles. The van der Waals surface area contributed by atoms with E-state index in [1.165, 1.54) is 7.11 Å². The molecule has 0 radical (unpaired) electrons. The average Bonchev–Trinajstić information content (AvgIpc) is 2.26. The molecule has 0 fully saturated rings. The molecule has 1 atom stereocenters. The number of nitrogens with zero attached hydrogens (tertiary/aromatic N) is 1. The number of esters is 1. The van der Waals surface area contributed by atoms with Crippen LogP contribution in [0.1, 0.15) is 20.8 Å². The highest BCUT2D eigenvalue weighted by atomic mass is 16.6. The van der Waals surface area contributed by atoms with Gasteiger partial charge < -0.3 is 14.8 Å². The Balaban J connectivity index is 4.19. The monoisotopic (exact) mass is 242 g/mol. The number of amides is 1. The SMILES string of the molecule is COCC(=O)OCC(=O)N[C@@](C)(C#N)C(C)C. The lowest BCUT2D eigenvalue weighted by molar-refractivity contribution is -0.152. The first kappa shape index (κ1) is 15.4. The van der Waals surface area contributed by atoms with Gasteiger partial charge in [0.25, 0.3) is 5.91 Å². The number of rotatable bonds is 6. The Morgan fingerprint density at radius 1 is 1.41 bits per heavy atom. The van der Waals surface area contributed by atoms with Gasteiger partial charge in [-0.3, -0.25) is 4.79 Å². The van der Waals surface area contributed by atoms with Crippen LogP contribution in [-0.2, 0) is 19.1 Å². The second-order valence-corrected chi connectivity index (χ2v) is 4.11. The summed E-state index contributed by atoms with van der Waals surface area (Å²) in [6.45, 7) is 4.65. The summed E-state index contributed by atoms with van der Waals surface area (Å²) < 4.78 is 9.17. The maximum atomic E-state index is 11.5. The van der Waals surface area contributed by atoms with Crippen molar-refractivity contribution in [3.05, 3.63) is 0 Å². The Kier molecular flexibility index (Phi) is 6.21. The van der Waals surface area contributed by atoms with Gasteiger partial charge in [-0.05, 0) is 12.8 Å². The van der Waals surface area contributed by atoms with Crippen molar-refractivity contribution >= 4 is 11.9 Å². The number of carbonyl (C=O) groups excluding carboxylic acids is 2. The van der Waals surface area contributed by atoms with Gasteiger partial charge in [0, 0.05) is 7.11 Å². The van der Waals surface area contributed by atoms with E-state index < -0.39 is 24.0 Å². The molecule has 0 aliphatic heterocycles. The fraction of sp³-hybridized carbons (Fsp3) is 0.727. The third-order valence-corrected chi connectivity index (χ3v) is 2.41. The van der Waals surface area contributed by atoms with Crippen LogP contribution < -0.4 is 5.32 Å². The summed E-state index contributed by atoms with van der Waals surface area (Å²) in [5.41, 5.74) is -0.968. The summed E-state index contributed by atoms with van der Waals surface area (Å²) in [6.07, 6.45) is 0. The molecule has 0 spiro atoms. The van der Waals surface area contributed by atoms with Crippen LogP contribution in [0.5, 0.6) is 0 Å². The van der Waals surface area contributed by atoms with E-state index in [9.17, 15) is 9.59 Å². The highest BCUT2D eigenvalue weighted by Crippen LogP contribution is 2.14. The third kappa shape index (κ3) is 5.31. The Labute approximate surface area is 101 Å². The minimum Gasteiger partial charge on any atom is -0.454 e. The zero-order valence-corrected chi connectivity index (χ0v) is 10.6. The predicted octanol–water partition coefficient (Wildman–Crippen LogP) is 0.230. The second-order valence-electron chi connectivity index (χ2n) is 4.11. The lowest BCUT2D eigenvalue weighted by Crippen LogP contribution is -2.50. The van der Waals surface area contributed by atoms with E-state index in [0.717, 1.165) is 0 Å². The number of ether oxygens (including phenoxy) is 2. The lowest BCUT2D eigenvalue weighted by Gasteiger charge is -2.27. The highest BCUT2D eigenvalue weighted by Gasteiger charge is 2.30. The van der Waals surface area contributed by atoms with Crippen molar-refractivity contribution in [3.63, 3.8) is 0 Å². The molecule has 0 aliphatic rings. The van der Waals surface area contributed by atoms with Gasteiger partial charge in [-0.15, -0.1) is 0 Å². The van der Waals surface area contributed by atoms with Crippen molar-refractivity contribution in [1.29, 1.82) is 5.26 Å². The van der Waals surface area contributed by atoms with Crippen molar-refractivity contribution in [2.75, 3.05) is 20.3 Å². The van der Waals surface area contributed by atoms with Gasteiger partial charge in [0.05, 0.1) is 6.07 Å². The van der Waals surface area contributed by atoms with E-state index in [2.05, 4.69) is 14.8 Å². The van der Waals surface area contributed by atoms with Crippen LogP contribution in [0.3, 0.4) is 0 Å². The standard InChI is InChI=1S/C11H18N2O4/c1-8(2)11(3,7-12)13-9(14)5-17-10(15)6-16-4/h8H,5-6H2,1-4H3,(H,13,14)/t11-/m0/s1. The van der Waals surface area contributed by atoms with E-state index in [0.29, 0.717) is 0 Å². The molecule has 96 valence electrons. The third-order valence-electron chi connectivity index (χ3n) is 2.41. The summed E-state index contributed by atoms with van der Waals surface area (Å²) in [5.74, 6) is -1.18. The molecule has 0 aromatic rings. The van der Waals surface area contributed by atoms with Crippen LogP contribution in [0, 0.1) is 17.2 Å². The van der Waals surface area contributed by atoms with E-state index in [1.807, 2.05) is 19.9 Å². The number of carbonyl (C=O) groups is 2. The zero-order chi connectivity index (χ0) is 13.5. The van der Waals surface area contributed by atoms with Crippen LogP contribution in [-0.4, -0.2) is 37.7 Å². The Bertz CT molecular complexity index is 322. The molecule has 6 heteroatoms. The van der Waals surface area contributed by atoms with Gasteiger partial charge in [0.15, 0.2) is 6.61 Å². The maximum Gasteiger partial charge on any atom is 0.332 e.